The van der Waals surface area contributed by atoms with Crippen LogP contribution in [0.3, 0.4) is 0 Å². The molecule has 0 aliphatic heterocycles. The molecule has 0 spiro atoms. The number of hydrogen-bond donors (Lipinski definition) is 1. The van der Waals surface area contributed by atoms with E-state index in [1.54, 1.807) is 36.7 Å². The number of nitrogen functional groups attached to an aromatic ring is 1. The van der Waals surface area contributed by atoms with Crippen molar-refractivity contribution in [3.63, 3.8) is 0 Å². The zero-order valence-electron chi connectivity index (χ0n) is 10.2. The van der Waals surface area contributed by atoms with E-state index in [-0.39, 0.29) is 5.82 Å². The molecule has 4 nitrogen and oxygen atoms in total. The summed E-state index contributed by atoms with van der Waals surface area (Å²) in [7, 11) is 0. The van der Waals surface area contributed by atoms with Gasteiger partial charge < -0.3 is 10.3 Å². The lowest BCUT2D eigenvalue weighted by Crippen LogP contribution is -1.90. The van der Waals surface area contributed by atoms with E-state index >= 15 is 0 Å². The van der Waals surface area contributed by atoms with Crippen LogP contribution in [0.15, 0.2) is 47.2 Å². The maximum Gasteiger partial charge on any atom is 0.178 e. The zero-order valence-corrected chi connectivity index (χ0v) is 11.7. The number of anilines is 1. The minimum Gasteiger partial charge on any atom is -0.380 e. The van der Waals surface area contributed by atoms with Gasteiger partial charge in [-0.2, -0.15) is 0 Å². The van der Waals surface area contributed by atoms with Crippen molar-refractivity contribution in [1.29, 1.82) is 0 Å². The van der Waals surface area contributed by atoms with Crippen LogP contribution in [0, 0.1) is 0 Å². The van der Waals surface area contributed by atoms with Crippen LogP contribution in [-0.4, -0.2) is 10.1 Å². The Hall–Kier alpha value is -2.04. The Morgan fingerprint density at radius 3 is 2.40 bits per heavy atom. The molecule has 3 aromatic rings. The predicted octanol–water partition coefficient (Wildman–Crippen LogP) is 4.29. The molecule has 0 amide bonds. The lowest BCUT2D eigenvalue weighted by atomic mass is 10.0. The van der Waals surface area contributed by atoms with Crippen LogP contribution in [0.25, 0.3) is 22.5 Å². The van der Waals surface area contributed by atoms with Crippen LogP contribution in [0.5, 0.6) is 0 Å². The van der Waals surface area contributed by atoms with E-state index in [2.05, 4.69) is 10.1 Å². The van der Waals surface area contributed by atoms with Gasteiger partial charge in [-0.3, -0.25) is 4.98 Å². The molecule has 0 aliphatic carbocycles. The first kappa shape index (κ1) is 13.0. The molecule has 1 aromatic carbocycles. The van der Waals surface area contributed by atoms with Crippen molar-refractivity contribution in [3.8, 4) is 22.5 Å². The number of pyridine rings is 1. The SMILES string of the molecule is Nc1noc(-c2cccnc2)c1-c1c(Cl)cccc1Cl. The molecule has 2 N–H and O–H groups in total. The molecule has 6 heteroatoms. The first-order chi connectivity index (χ1) is 9.68. The fraction of sp³-hybridized carbons (Fsp3) is 0. The summed E-state index contributed by atoms with van der Waals surface area (Å²) in [5.41, 5.74) is 7.84. The van der Waals surface area contributed by atoms with Gasteiger partial charge in [-0.25, -0.2) is 0 Å². The molecule has 0 saturated carbocycles. The molecule has 0 bridgehead atoms. The molecule has 0 fully saturated rings. The van der Waals surface area contributed by atoms with Crippen LogP contribution in [0.4, 0.5) is 5.82 Å². The van der Waals surface area contributed by atoms with Crippen molar-refractivity contribution in [3.05, 3.63) is 52.8 Å². The number of benzene rings is 1. The first-order valence-corrected chi connectivity index (χ1v) is 6.54. The Balaban J connectivity index is 2.28. The van der Waals surface area contributed by atoms with Gasteiger partial charge in [0.1, 0.15) is 0 Å². The monoisotopic (exact) mass is 305 g/mol. The van der Waals surface area contributed by atoms with Crippen molar-refractivity contribution in [2.24, 2.45) is 0 Å². The van der Waals surface area contributed by atoms with Gasteiger partial charge in [0.25, 0.3) is 0 Å². The second-order valence-corrected chi connectivity index (χ2v) is 4.92. The maximum atomic E-state index is 6.23. The second kappa shape index (κ2) is 5.15. The highest BCUT2D eigenvalue weighted by Gasteiger charge is 2.22. The van der Waals surface area contributed by atoms with E-state index in [4.69, 9.17) is 33.5 Å². The maximum absolute atomic E-state index is 6.23. The minimum atomic E-state index is 0.235. The second-order valence-electron chi connectivity index (χ2n) is 4.11. The summed E-state index contributed by atoms with van der Waals surface area (Å²) in [6.45, 7) is 0. The Morgan fingerprint density at radius 1 is 1.00 bits per heavy atom. The Kier molecular flexibility index (Phi) is 3.34. The molecule has 2 heterocycles. The van der Waals surface area contributed by atoms with E-state index in [0.717, 1.165) is 5.56 Å². The number of hydrogen-bond acceptors (Lipinski definition) is 4. The van der Waals surface area contributed by atoms with Gasteiger partial charge in [0.15, 0.2) is 11.6 Å². The lowest BCUT2D eigenvalue weighted by molar-refractivity contribution is 0.436. The van der Waals surface area contributed by atoms with E-state index in [1.165, 1.54) is 0 Å². The number of halogens is 2. The van der Waals surface area contributed by atoms with Gasteiger partial charge in [-0.1, -0.05) is 34.4 Å². The number of nitrogens with two attached hydrogens (primary N) is 1. The quantitative estimate of drug-likeness (QED) is 0.767. The highest BCUT2D eigenvalue weighted by atomic mass is 35.5. The normalized spacial score (nSPS) is 10.7. The topological polar surface area (TPSA) is 64.9 Å². The van der Waals surface area contributed by atoms with Gasteiger partial charge in [0.05, 0.1) is 15.6 Å². The largest absolute Gasteiger partial charge is 0.380 e. The smallest absolute Gasteiger partial charge is 0.178 e. The molecule has 2 aromatic heterocycles. The molecule has 3 rings (SSSR count). The summed E-state index contributed by atoms with van der Waals surface area (Å²) in [5, 5.41) is 4.78. The third-order valence-corrected chi connectivity index (χ3v) is 3.48. The van der Waals surface area contributed by atoms with Crippen LogP contribution >= 0.6 is 23.2 Å². The Bertz CT molecular complexity index is 736. The van der Waals surface area contributed by atoms with E-state index in [0.29, 0.717) is 26.9 Å². The summed E-state index contributed by atoms with van der Waals surface area (Å²) in [6.07, 6.45) is 3.33. The van der Waals surface area contributed by atoms with E-state index in [9.17, 15) is 0 Å². The first-order valence-electron chi connectivity index (χ1n) is 5.78. The summed E-state index contributed by atoms with van der Waals surface area (Å²) >= 11 is 12.5. The minimum absolute atomic E-state index is 0.235. The van der Waals surface area contributed by atoms with Gasteiger partial charge in [-0.15, -0.1) is 0 Å². The third-order valence-electron chi connectivity index (χ3n) is 2.85. The van der Waals surface area contributed by atoms with Gasteiger partial charge in [0.2, 0.25) is 0 Å². The highest BCUT2D eigenvalue weighted by molar-refractivity contribution is 6.39. The summed E-state index contributed by atoms with van der Waals surface area (Å²) in [5.74, 6) is 0.726. The summed E-state index contributed by atoms with van der Waals surface area (Å²) < 4.78 is 5.31. The molecule has 100 valence electrons. The standard InChI is InChI=1S/C14H9Cl2N3O/c15-9-4-1-5-10(16)11(9)12-13(20-19-14(12)17)8-3-2-6-18-7-8/h1-7H,(H2,17,19). The molecule has 0 saturated heterocycles. The number of nitrogens with zero attached hydrogens (tertiary/aromatic N) is 2. The average molecular weight is 306 g/mol. The Morgan fingerprint density at radius 2 is 1.75 bits per heavy atom. The lowest BCUT2D eigenvalue weighted by Gasteiger charge is -2.07. The number of rotatable bonds is 2. The van der Waals surface area contributed by atoms with Crippen LogP contribution in [-0.2, 0) is 0 Å². The van der Waals surface area contributed by atoms with E-state index < -0.39 is 0 Å². The molecule has 0 radical (unpaired) electrons. The molecule has 0 aliphatic rings. The fourth-order valence-electron chi connectivity index (χ4n) is 1.97. The molecular weight excluding hydrogens is 297 g/mol. The predicted molar refractivity (Wildman–Crippen MR) is 79.6 cm³/mol. The third kappa shape index (κ3) is 2.13. The highest BCUT2D eigenvalue weighted by Crippen LogP contribution is 2.43. The molecular formula is C14H9Cl2N3O. The van der Waals surface area contributed by atoms with Gasteiger partial charge in [0, 0.05) is 23.5 Å². The van der Waals surface area contributed by atoms with Crippen LogP contribution in [0.1, 0.15) is 0 Å². The molecule has 0 atom stereocenters. The Labute approximate surface area is 125 Å². The van der Waals surface area contributed by atoms with Crippen LogP contribution in [0.2, 0.25) is 10.0 Å². The van der Waals surface area contributed by atoms with Gasteiger partial charge in [-0.05, 0) is 24.3 Å². The number of aromatic nitrogens is 2. The zero-order chi connectivity index (χ0) is 14.1. The van der Waals surface area contributed by atoms with Crippen molar-refractivity contribution in [2.45, 2.75) is 0 Å². The molecule has 0 unspecified atom stereocenters. The van der Waals surface area contributed by atoms with Crippen molar-refractivity contribution in [2.75, 3.05) is 5.73 Å². The van der Waals surface area contributed by atoms with Crippen molar-refractivity contribution < 1.29 is 4.52 Å². The van der Waals surface area contributed by atoms with Crippen LogP contribution < -0.4 is 5.73 Å². The van der Waals surface area contributed by atoms with Crippen molar-refractivity contribution >= 4 is 29.0 Å². The van der Waals surface area contributed by atoms with Gasteiger partial charge >= 0.3 is 0 Å². The van der Waals surface area contributed by atoms with Crippen molar-refractivity contribution in [1.82, 2.24) is 10.1 Å². The fourth-order valence-corrected chi connectivity index (χ4v) is 2.56. The van der Waals surface area contributed by atoms with E-state index in [1.807, 2.05) is 6.07 Å². The molecule has 20 heavy (non-hydrogen) atoms. The average Bonchev–Trinajstić information content (AvgIpc) is 2.82. The summed E-state index contributed by atoms with van der Waals surface area (Å²) in [6, 6.07) is 8.89. The summed E-state index contributed by atoms with van der Waals surface area (Å²) in [4.78, 5) is 4.06.